The minimum Gasteiger partial charge on any atom is -0.493 e. The highest BCUT2D eigenvalue weighted by atomic mass is 35.5. The molecule has 1 aliphatic rings. The Balaban J connectivity index is 1.49. The molecule has 1 heterocycles. The van der Waals surface area contributed by atoms with Gasteiger partial charge < -0.3 is 24.6 Å². The van der Waals surface area contributed by atoms with Gasteiger partial charge in [-0.15, -0.1) is 0 Å². The molecule has 8 nitrogen and oxygen atoms in total. The quantitative estimate of drug-likeness (QED) is 0.242. The van der Waals surface area contributed by atoms with E-state index in [0.717, 1.165) is 56.3 Å². The second-order valence-electron chi connectivity index (χ2n) is 9.60. The van der Waals surface area contributed by atoms with E-state index in [1.807, 2.05) is 30.3 Å². The first-order valence-corrected chi connectivity index (χ1v) is 13.9. The minimum absolute atomic E-state index is 0.163. The maximum Gasteiger partial charge on any atom is 0.255 e. The van der Waals surface area contributed by atoms with Crippen LogP contribution in [0, 0.1) is 11.3 Å². The molecule has 39 heavy (non-hydrogen) atoms. The Labute approximate surface area is 235 Å². The summed E-state index contributed by atoms with van der Waals surface area (Å²) < 4.78 is 6.08. The first-order chi connectivity index (χ1) is 18.9. The van der Waals surface area contributed by atoms with Crippen LogP contribution in [0.15, 0.2) is 42.5 Å². The third-order valence-corrected chi connectivity index (χ3v) is 7.42. The van der Waals surface area contributed by atoms with Crippen LogP contribution < -0.4 is 10.1 Å². The van der Waals surface area contributed by atoms with Gasteiger partial charge in [0, 0.05) is 29.6 Å². The van der Waals surface area contributed by atoms with Crippen molar-refractivity contribution in [2.45, 2.75) is 57.5 Å². The standard InChI is InChI=1S/C30H37ClN4O4/c1-3-34(17-15-23(20-32)22-11-13-24(31)14-12-22)16-4-5-19-39-28-10-6-8-25-26(28)21-35(30(25)38)27(9-7-18-36)29(37)33-2/h6,8,10-14,18,23,27H,3-5,7,9,15-17,19,21H2,1-2H3,(H,33,37)/t23-,27?/m0/s1. The van der Waals surface area contributed by atoms with Gasteiger partial charge in [-0.05, 0) is 75.1 Å². The molecule has 0 radical (unpaired) electrons. The summed E-state index contributed by atoms with van der Waals surface area (Å²) in [6.45, 7) is 5.55. The van der Waals surface area contributed by atoms with Gasteiger partial charge in [-0.3, -0.25) is 9.59 Å². The number of amides is 2. The number of unbranched alkanes of at least 4 members (excludes halogenated alkanes) is 1. The number of carbonyl (C=O) groups is 3. The van der Waals surface area contributed by atoms with Gasteiger partial charge in [0.05, 0.1) is 25.1 Å². The van der Waals surface area contributed by atoms with Crippen LogP contribution in [0.3, 0.4) is 0 Å². The van der Waals surface area contributed by atoms with Crippen molar-refractivity contribution in [3.05, 3.63) is 64.2 Å². The molecule has 0 saturated heterocycles. The van der Waals surface area contributed by atoms with Crippen molar-refractivity contribution >= 4 is 29.7 Å². The van der Waals surface area contributed by atoms with Crippen molar-refractivity contribution in [1.29, 1.82) is 5.26 Å². The van der Waals surface area contributed by atoms with Crippen LogP contribution in [0.1, 0.15) is 66.4 Å². The van der Waals surface area contributed by atoms with Gasteiger partial charge in [-0.25, -0.2) is 0 Å². The van der Waals surface area contributed by atoms with Gasteiger partial charge in [-0.2, -0.15) is 5.26 Å². The number of halogens is 1. The topological polar surface area (TPSA) is 103 Å². The number of ether oxygens (including phenoxy) is 1. The number of fused-ring (bicyclic) bond motifs is 1. The highest BCUT2D eigenvalue weighted by Gasteiger charge is 2.37. The number of hydrogen-bond acceptors (Lipinski definition) is 6. The summed E-state index contributed by atoms with van der Waals surface area (Å²) in [5.74, 6) is -0.0110. The van der Waals surface area contributed by atoms with Gasteiger partial charge >= 0.3 is 0 Å². The summed E-state index contributed by atoms with van der Waals surface area (Å²) in [5.41, 5.74) is 2.31. The van der Waals surface area contributed by atoms with Gasteiger partial charge in [0.2, 0.25) is 5.91 Å². The van der Waals surface area contributed by atoms with Crippen molar-refractivity contribution in [3.8, 4) is 11.8 Å². The van der Waals surface area contributed by atoms with E-state index >= 15 is 0 Å². The molecule has 3 rings (SSSR count). The van der Waals surface area contributed by atoms with Crippen LogP contribution in [-0.4, -0.2) is 67.2 Å². The average molecular weight is 553 g/mol. The Morgan fingerprint density at radius 1 is 1.21 bits per heavy atom. The van der Waals surface area contributed by atoms with Crippen molar-refractivity contribution in [2.24, 2.45) is 0 Å². The molecule has 1 N–H and O–H groups in total. The maximum absolute atomic E-state index is 13.1. The Bertz CT molecular complexity index is 1160. The maximum atomic E-state index is 13.1. The zero-order valence-corrected chi connectivity index (χ0v) is 23.5. The van der Waals surface area contributed by atoms with Gasteiger partial charge in [0.25, 0.3) is 5.91 Å². The van der Waals surface area contributed by atoms with E-state index in [-0.39, 0.29) is 37.1 Å². The van der Waals surface area contributed by atoms with E-state index in [1.165, 1.54) is 11.9 Å². The van der Waals surface area contributed by atoms with Crippen molar-refractivity contribution in [2.75, 3.05) is 33.3 Å². The second-order valence-corrected chi connectivity index (χ2v) is 10.0. The lowest BCUT2D eigenvalue weighted by Gasteiger charge is -2.25. The molecule has 0 fully saturated rings. The lowest BCUT2D eigenvalue weighted by molar-refractivity contribution is -0.125. The molecule has 2 atom stereocenters. The number of likely N-dealkylation sites (N-methyl/N-ethyl adjacent to an activating group) is 1. The number of nitriles is 1. The van der Waals surface area contributed by atoms with Crippen molar-refractivity contribution in [1.82, 2.24) is 15.1 Å². The molecular weight excluding hydrogens is 516 g/mol. The first-order valence-electron chi connectivity index (χ1n) is 13.5. The monoisotopic (exact) mass is 552 g/mol. The Kier molecular flexibility index (Phi) is 11.8. The second kappa shape index (κ2) is 15.2. The van der Waals surface area contributed by atoms with Crippen LogP contribution in [0.25, 0.3) is 0 Å². The van der Waals surface area contributed by atoms with E-state index in [0.29, 0.717) is 22.9 Å². The van der Waals surface area contributed by atoms with Crippen molar-refractivity contribution < 1.29 is 19.1 Å². The SMILES string of the molecule is CCN(CCCCOc1cccc2c1CN(C(CCC=O)C(=O)NC)C2=O)CC[C@@H](C#N)c1ccc(Cl)cc1. The fraction of sp³-hybridized carbons (Fsp3) is 0.467. The minimum atomic E-state index is -0.701. The van der Waals surface area contributed by atoms with Gasteiger partial charge in [0.15, 0.2) is 0 Å². The molecule has 2 aromatic carbocycles. The molecule has 0 saturated carbocycles. The summed E-state index contributed by atoms with van der Waals surface area (Å²) in [4.78, 5) is 40.2. The molecule has 0 spiro atoms. The number of aldehydes is 1. The third kappa shape index (κ3) is 8.04. The van der Waals surface area contributed by atoms with E-state index < -0.39 is 6.04 Å². The molecule has 9 heteroatoms. The highest BCUT2D eigenvalue weighted by Crippen LogP contribution is 2.33. The molecule has 1 aliphatic heterocycles. The third-order valence-electron chi connectivity index (χ3n) is 7.17. The van der Waals surface area contributed by atoms with Crippen molar-refractivity contribution in [3.63, 3.8) is 0 Å². The number of nitrogens with zero attached hydrogens (tertiary/aromatic N) is 3. The predicted molar refractivity (Wildman–Crippen MR) is 151 cm³/mol. The number of nitrogens with one attached hydrogen (secondary N) is 1. The van der Waals surface area contributed by atoms with Gasteiger partial charge in [-0.1, -0.05) is 36.7 Å². The first kappa shape index (κ1) is 30.1. The van der Waals surface area contributed by atoms with Crippen LogP contribution in [0.5, 0.6) is 5.75 Å². The van der Waals surface area contributed by atoms with Crippen LogP contribution >= 0.6 is 11.6 Å². The number of hydrogen-bond donors (Lipinski definition) is 1. The summed E-state index contributed by atoms with van der Waals surface area (Å²) in [7, 11) is 1.53. The molecule has 2 aromatic rings. The van der Waals surface area contributed by atoms with Crippen LogP contribution in [0.4, 0.5) is 0 Å². The average Bonchev–Trinajstić information content (AvgIpc) is 3.29. The fourth-order valence-corrected chi connectivity index (χ4v) is 5.02. The highest BCUT2D eigenvalue weighted by molar-refractivity contribution is 6.30. The normalized spacial score (nSPS) is 14.0. The van der Waals surface area contributed by atoms with Crippen LogP contribution in [-0.2, 0) is 16.1 Å². The summed E-state index contributed by atoms with van der Waals surface area (Å²) >= 11 is 5.97. The molecule has 0 bridgehead atoms. The lowest BCUT2D eigenvalue weighted by Crippen LogP contribution is -2.46. The Morgan fingerprint density at radius 2 is 1.97 bits per heavy atom. The smallest absolute Gasteiger partial charge is 0.255 e. The van der Waals surface area contributed by atoms with E-state index in [9.17, 15) is 19.6 Å². The molecule has 0 aliphatic carbocycles. The Hall–Kier alpha value is -3.41. The number of rotatable bonds is 16. The van der Waals surface area contributed by atoms with Gasteiger partial charge in [0.1, 0.15) is 18.1 Å². The van der Waals surface area contributed by atoms with E-state index in [4.69, 9.17) is 16.3 Å². The zero-order valence-electron chi connectivity index (χ0n) is 22.7. The van der Waals surface area contributed by atoms with E-state index in [2.05, 4.69) is 23.2 Å². The fourth-order valence-electron chi connectivity index (χ4n) is 4.89. The number of carbonyl (C=O) groups excluding carboxylic acids is 3. The van der Waals surface area contributed by atoms with Crippen LogP contribution in [0.2, 0.25) is 5.02 Å². The largest absolute Gasteiger partial charge is 0.493 e. The summed E-state index contributed by atoms with van der Waals surface area (Å²) in [5, 5.41) is 12.9. The summed E-state index contributed by atoms with van der Waals surface area (Å²) in [6.07, 6.45) is 3.79. The number of benzene rings is 2. The molecular formula is C30H37ClN4O4. The predicted octanol–water partition coefficient (Wildman–Crippen LogP) is 4.57. The molecule has 1 unspecified atom stereocenters. The van der Waals surface area contributed by atoms with E-state index in [1.54, 1.807) is 12.1 Å². The molecule has 2 amide bonds. The lowest BCUT2D eigenvalue weighted by atomic mass is 9.97. The Morgan fingerprint density at radius 3 is 2.64 bits per heavy atom. The molecule has 208 valence electrons. The molecule has 0 aromatic heterocycles. The zero-order chi connectivity index (χ0) is 28.2. The summed E-state index contributed by atoms with van der Waals surface area (Å²) in [6, 6.07) is 14.6.